The Morgan fingerprint density at radius 2 is 0.806 bits per heavy atom. The standard InChI is InChI=1S/C14H11BrClF2NO.C14H12ClF2NO.C12H12ClN.C2BrClF2O.2CH4/c1-8-7-12(13(20)14(15,17)18)9(2)19(8)11-5-3-10(16)4-6-11;1-8-7-12(13(19)14(16)17)9(2)18(8)11-5-3-10(15)4-6-11;1-9-3-4-10(2)14(9)12-7-5-11(13)6-8-12;3-2(5,6)1(4)7;;/h3-7H,1-2H3;3-7,14H,1-2H3;3-8H,1-2H3;;2*1H4. The number of alkyl halides is 8. The van der Waals surface area contributed by atoms with Gasteiger partial charge >= 0.3 is 21.3 Å². The predicted molar refractivity (Wildman–Crippen MR) is 247 cm³/mol. The Bertz CT molecular complexity index is 2420. The maximum Gasteiger partial charge on any atom is 0.373 e. The molecule has 0 fully saturated rings. The van der Waals surface area contributed by atoms with Gasteiger partial charge in [0.1, 0.15) is 0 Å². The van der Waals surface area contributed by atoms with Crippen LogP contribution < -0.4 is 0 Å². The number of carbonyl (C=O) groups excluding carboxylic acids is 3. The van der Waals surface area contributed by atoms with E-state index in [0.29, 0.717) is 27.1 Å². The van der Waals surface area contributed by atoms with Crippen molar-refractivity contribution < 1.29 is 40.7 Å². The molecule has 18 heteroatoms. The summed E-state index contributed by atoms with van der Waals surface area (Å²) in [6, 6.07) is 29.0. The number of carbonyl (C=O) groups is 3. The molecule has 0 aliphatic carbocycles. The lowest BCUT2D eigenvalue weighted by Gasteiger charge is -2.11. The van der Waals surface area contributed by atoms with Crippen molar-refractivity contribution >= 4 is 95.1 Å². The van der Waals surface area contributed by atoms with Gasteiger partial charge in [0, 0.05) is 93.4 Å². The van der Waals surface area contributed by atoms with Crippen LogP contribution in [0, 0.1) is 41.5 Å². The van der Waals surface area contributed by atoms with Gasteiger partial charge in [-0.05, 0) is 166 Å². The molecule has 0 saturated heterocycles. The molecule has 0 amide bonds. The maximum atomic E-state index is 13.1. The van der Waals surface area contributed by atoms with Crippen LogP contribution in [0.3, 0.4) is 0 Å². The van der Waals surface area contributed by atoms with Crippen molar-refractivity contribution in [3.8, 4) is 17.1 Å². The van der Waals surface area contributed by atoms with E-state index >= 15 is 0 Å². The van der Waals surface area contributed by atoms with Crippen molar-refractivity contribution in [2.75, 3.05) is 0 Å². The number of hydrogen-bond acceptors (Lipinski definition) is 3. The zero-order chi connectivity index (χ0) is 45.4. The number of benzene rings is 3. The summed E-state index contributed by atoms with van der Waals surface area (Å²) in [6.07, 6.45) is -2.99. The predicted octanol–water partition coefficient (Wildman–Crippen LogP) is 15.9. The molecule has 0 N–H and O–H groups in total. The maximum absolute atomic E-state index is 13.1. The first-order valence-electron chi connectivity index (χ1n) is 17.3. The molecule has 0 atom stereocenters. The third kappa shape index (κ3) is 14.9. The molecule has 3 aromatic carbocycles. The van der Waals surface area contributed by atoms with E-state index in [0.717, 1.165) is 27.8 Å². The zero-order valence-electron chi connectivity index (χ0n) is 32.4. The Balaban J connectivity index is 0.000000430. The van der Waals surface area contributed by atoms with E-state index in [1.165, 1.54) is 23.5 Å². The topological polar surface area (TPSA) is 66.0 Å². The fourth-order valence-corrected chi connectivity index (χ4v) is 6.51. The van der Waals surface area contributed by atoms with E-state index in [2.05, 4.69) is 58.1 Å². The van der Waals surface area contributed by atoms with Crippen LogP contribution in [0.25, 0.3) is 17.1 Å². The first kappa shape index (κ1) is 56.2. The number of hydrogen-bond donors (Lipinski definition) is 0. The number of rotatable bonds is 8. The Morgan fingerprint density at radius 3 is 1.10 bits per heavy atom. The number of halogens is 12. The molecule has 3 heterocycles. The third-order valence-electron chi connectivity index (χ3n) is 8.58. The Labute approximate surface area is 394 Å². The van der Waals surface area contributed by atoms with E-state index in [9.17, 15) is 40.7 Å². The lowest BCUT2D eigenvalue weighted by molar-refractivity contribution is -0.123. The highest BCUT2D eigenvalue weighted by atomic mass is 79.9. The summed E-state index contributed by atoms with van der Waals surface area (Å²) in [5.74, 6) is -2.39. The molecule has 0 aliphatic heterocycles. The van der Waals surface area contributed by atoms with Gasteiger partial charge in [0.25, 0.3) is 0 Å². The second-order valence-electron chi connectivity index (χ2n) is 12.9. The van der Waals surface area contributed by atoms with E-state index in [1.807, 2.05) is 24.3 Å². The average Bonchev–Trinajstić information content (AvgIpc) is 3.77. The Kier molecular flexibility index (Phi) is 21.6. The van der Waals surface area contributed by atoms with Crippen LogP contribution in [-0.2, 0) is 4.79 Å². The minimum atomic E-state index is -3.56. The number of aromatic nitrogens is 3. The van der Waals surface area contributed by atoms with Crippen LogP contribution in [0.15, 0.2) is 97.1 Å². The Morgan fingerprint density at radius 1 is 0.516 bits per heavy atom. The van der Waals surface area contributed by atoms with Gasteiger partial charge in [0.15, 0.2) is 0 Å². The van der Waals surface area contributed by atoms with E-state index in [1.54, 1.807) is 101 Å². The van der Waals surface area contributed by atoms with E-state index in [4.69, 9.17) is 34.8 Å². The lowest BCUT2D eigenvalue weighted by atomic mass is 10.1. The highest BCUT2D eigenvalue weighted by molar-refractivity contribution is 9.10. The average molecular weight is 1080 g/mol. The first-order valence-corrected chi connectivity index (χ1v) is 20.4. The third-order valence-corrected chi connectivity index (χ3v) is 10.5. The molecule has 6 nitrogen and oxygen atoms in total. The monoisotopic (exact) mass is 1070 g/mol. The number of aryl methyl sites for hydroxylation is 4. The largest absolute Gasteiger partial charge is 0.373 e. The molecule has 0 radical (unpaired) electrons. The second kappa shape index (κ2) is 23.8. The molecule has 0 unspecified atom stereocenters. The summed E-state index contributed by atoms with van der Waals surface area (Å²) in [6.45, 7) is 11.0. The molecule has 3 aromatic heterocycles. The molecular formula is C44H43Br2Cl4F6N3O3. The molecular weight excluding hydrogens is 1030 g/mol. The molecule has 6 aromatic rings. The minimum absolute atomic E-state index is 0. The van der Waals surface area contributed by atoms with Crippen molar-refractivity contribution in [1.29, 1.82) is 0 Å². The van der Waals surface area contributed by atoms with Crippen molar-refractivity contribution in [2.24, 2.45) is 0 Å². The van der Waals surface area contributed by atoms with Gasteiger partial charge in [0.05, 0.1) is 0 Å². The lowest BCUT2D eigenvalue weighted by Crippen LogP contribution is -2.21. The second-order valence-corrected chi connectivity index (χ2v) is 16.5. The van der Waals surface area contributed by atoms with Crippen LogP contribution in [0.2, 0.25) is 15.1 Å². The number of ketones is 2. The fraction of sp³-hybridized carbons (Fsp3) is 0.250. The SMILES string of the molecule is C.C.Cc1cc(C(=O)C(F)(F)Br)c(C)n1-c1ccc(Cl)cc1.Cc1cc(C(=O)C(F)F)c(C)n1-c1ccc(Cl)cc1.Cc1ccc(C)n1-c1ccc(Cl)cc1.O=C(Cl)C(F)(F)Br. The van der Waals surface area contributed by atoms with Gasteiger partial charge < -0.3 is 13.7 Å². The molecule has 62 heavy (non-hydrogen) atoms. The van der Waals surface area contributed by atoms with Crippen LogP contribution in [0.5, 0.6) is 0 Å². The van der Waals surface area contributed by atoms with Crippen molar-refractivity contribution in [3.63, 3.8) is 0 Å². The fourth-order valence-electron chi connectivity index (χ4n) is 5.92. The number of Topliss-reactive ketones (excluding diaryl/α,β-unsaturated/α-hetero) is 2. The normalized spacial score (nSPS) is 10.8. The molecule has 0 spiro atoms. The molecule has 0 bridgehead atoms. The summed E-state index contributed by atoms with van der Waals surface area (Å²) in [5.41, 5.74) is 7.65. The van der Waals surface area contributed by atoms with Gasteiger partial charge in [-0.1, -0.05) is 49.7 Å². The minimum Gasteiger partial charge on any atom is -0.319 e. The van der Waals surface area contributed by atoms with Crippen LogP contribution in [0.1, 0.15) is 69.7 Å². The van der Waals surface area contributed by atoms with Crippen molar-refractivity contribution in [1.82, 2.24) is 13.7 Å². The van der Waals surface area contributed by atoms with Gasteiger partial charge in [-0.25, -0.2) is 8.78 Å². The van der Waals surface area contributed by atoms with Crippen LogP contribution in [0.4, 0.5) is 26.3 Å². The molecule has 336 valence electrons. The summed E-state index contributed by atoms with van der Waals surface area (Å²) in [7, 11) is 0. The van der Waals surface area contributed by atoms with Gasteiger partial charge in [-0.2, -0.15) is 17.6 Å². The molecule has 0 saturated carbocycles. The van der Waals surface area contributed by atoms with Crippen molar-refractivity contribution in [2.45, 2.75) is 72.5 Å². The zero-order valence-corrected chi connectivity index (χ0v) is 38.6. The molecule has 6 rings (SSSR count). The van der Waals surface area contributed by atoms with E-state index in [-0.39, 0.29) is 26.0 Å². The van der Waals surface area contributed by atoms with Crippen LogP contribution in [-0.4, -0.2) is 46.6 Å². The summed E-state index contributed by atoms with van der Waals surface area (Å²) in [5, 5.41) is 0.248. The quantitative estimate of drug-likeness (QED) is 0.0660. The van der Waals surface area contributed by atoms with Crippen molar-refractivity contribution in [3.05, 3.63) is 157 Å². The van der Waals surface area contributed by atoms with Gasteiger partial charge in [0.2, 0.25) is 11.6 Å². The highest BCUT2D eigenvalue weighted by Gasteiger charge is 2.38. The number of nitrogens with zero attached hydrogens (tertiary/aromatic N) is 3. The highest BCUT2D eigenvalue weighted by Crippen LogP contribution is 2.31. The molecule has 0 aliphatic rings. The Hall–Kier alpha value is -3.79. The summed E-state index contributed by atoms with van der Waals surface area (Å²) >= 11 is 25.6. The van der Waals surface area contributed by atoms with Gasteiger partial charge in [-0.15, -0.1) is 0 Å². The van der Waals surface area contributed by atoms with E-state index < -0.39 is 32.9 Å². The van der Waals surface area contributed by atoms with Crippen LogP contribution >= 0.6 is 78.3 Å². The summed E-state index contributed by atoms with van der Waals surface area (Å²) < 4.78 is 79.5. The smallest absolute Gasteiger partial charge is 0.319 e. The summed E-state index contributed by atoms with van der Waals surface area (Å²) in [4.78, 5) is 25.5. The first-order chi connectivity index (χ1) is 27.8. The van der Waals surface area contributed by atoms with Gasteiger partial charge in [-0.3, -0.25) is 14.4 Å².